The number of nitrogens with one attached hydrogen (secondary N) is 1. The number of anilines is 1. The third kappa shape index (κ3) is 3.21. The van der Waals surface area contributed by atoms with E-state index >= 15 is 0 Å². The van der Waals surface area contributed by atoms with E-state index in [1.165, 1.54) is 16.6 Å². The minimum Gasteiger partial charge on any atom is -0.369 e. The summed E-state index contributed by atoms with van der Waals surface area (Å²) in [5.74, 6) is 0.430. The number of benzene rings is 1. The highest BCUT2D eigenvalue weighted by molar-refractivity contribution is 7.89. The Kier molecular flexibility index (Phi) is 4.44. The molecule has 0 unspecified atom stereocenters. The summed E-state index contributed by atoms with van der Waals surface area (Å²) in [6, 6.07) is 10.2. The summed E-state index contributed by atoms with van der Waals surface area (Å²) in [5.41, 5.74) is 0.550. The Hall–Kier alpha value is -1.99. The van der Waals surface area contributed by atoms with Gasteiger partial charge in [-0.05, 0) is 49.4 Å². The average molecular weight is 375 g/mol. The van der Waals surface area contributed by atoms with Gasteiger partial charge in [0.05, 0.1) is 0 Å². The van der Waals surface area contributed by atoms with E-state index < -0.39 is 10.0 Å². The van der Waals surface area contributed by atoms with Gasteiger partial charge in [-0.2, -0.15) is 4.31 Å². The van der Waals surface area contributed by atoms with Crippen LogP contribution in [0.3, 0.4) is 0 Å². The zero-order valence-electron chi connectivity index (χ0n) is 14.5. The molecule has 1 N–H and O–H groups in total. The van der Waals surface area contributed by atoms with E-state index in [1.54, 1.807) is 18.2 Å². The van der Waals surface area contributed by atoms with Crippen LogP contribution in [0.15, 0.2) is 47.5 Å². The van der Waals surface area contributed by atoms with Gasteiger partial charge in [0, 0.05) is 31.2 Å². The van der Waals surface area contributed by atoms with Gasteiger partial charge in [0.1, 0.15) is 16.5 Å². The lowest BCUT2D eigenvalue weighted by Gasteiger charge is -2.18. The predicted molar refractivity (Wildman–Crippen MR) is 98.0 cm³/mol. The molecular weight excluding hydrogens is 353 g/mol. The summed E-state index contributed by atoms with van der Waals surface area (Å²) < 4.78 is 40.6. The predicted octanol–water partition coefficient (Wildman–Crippen LogP) is 3.15. The van der Waals surface area contributed by atoms with Crippen LogP contribution >= 0.6 is 0 Å². The molecule has 1 aliphatic carbocycles. The highest BCUT2D eigenvalue weighted by Crippen LogP contribution is 2.48. The molecule has 1 saturated heterocycles. The van der Waals surface area contributed by atoms with Crippen LogP contribution < -0.4 is 5.32 Å². The number of halogens is 1. The number of hydrogen-bond acceptors (Lipinski definition) is 4. The van der Waals surface area contributed by atoms with Gasteiger partial charge in [-0.25, -0.2) is 17.8 Å². The highest BCUT2D eigenvalue weighted by atomic mass is 32.2. The lowest BCUT2D eigenvalue weighted by Crippen LogP contribution is -2.28. The quantitative estimate of drug-likeness (QED) is 0.843. The maximum Gasteiger partial charge on any atom is 0.244 e. The number of sulfonamides is 1. The minimum atomic E-state index is -3.44. The van der Waals surface area contributed by atoms with Gasteiger partial charge in [-0.3, -0.25) is 0 Å². The maximum absolute atomic E-state index is 14.1. The van der Waals surface area contributed by atoms with E-state index in [0.717, 1.165) is 31.2 Å². The van der Waals surface area contributed by atoms with Gasteiger partial charge in [0.2, 0.25) is 10.0 Å². The number of pyridine rings is 1. The summed E-state index contributed by atoms with van der Waals surface area (Å²) in [4.78, 5) is 4.48. The Morgan fingerprint density at radius 1 is 1.12 bits per heavy atom. The van der Waals surface area contributed by atoms with E-state index in [1.807, 2.05) is 12.1 Å². The van der Waals surface area contributed by atoms with Crippen molar-refractivity contribution < 1.29 is 12.8 Å². The van der Waals surface area contributed by atoms with Crippen molar-refractivity contribution in [3.8, 4) is 0 Å². The molecule has 26 heavy (non-hydrogen) atoms. The molecule has 1 saturated carbocycles. The zero-order valence-corrected chi connectivity index (χ0v) is 15.3. The molecule has 0 spiro atoms. The first kappa shape index (κ1) is 17.4. The molecule has 2 fully saturated rings. The topological polar surface area (TPSA) is 62.3 Å². The molecule has 7 heteroatoms. The fraction of sp³-hybridized carbons (Fsp3) is 0.421. The molecule has 2 heterocycles. The van der Waals surface area contributed by atoms with Crippen LogP contribution in [0.2, 0.25) is 0 Å². The zero-order chi connectivity index (χ0) is 18.2. The van der Waals surface area contributed by atoms with Crippen molar-refractivity contribution in [3.63, 3.8) is 0 Å². The van der Waals surface area contributed by atoms with Gasteiger partial charge in [0.15, 0.2) is 0 Å². The van der Waals surface area contributed by atoms with Gasteiger partial charge < -0.3 is 5.32 Å². The van der Waals surface area contributed by atoms with Crippen molar-refractivity contribution in [1.29, 1.82) is 0 Å². The van der Waals surface area contributed by atoms with Gasteiger partial charge >= 0.3 is 0 Å². The standard InChI is InChI=1S/C19H22FN3O2S/c20-17-6-2-1-5-16(17)19(9-10-19)14-22-18-8-7-15(13-21-18)26(24,25)23-11-3-4-12-23/h1-2,5-8,13H,3-4,9-12,14H2,(H,21,22). The van der Waals surface area contributed by atoms with Crippen molar-refractivity contribution in [3.05, 3.63) is 54.0 Å². The molecule has 4 rings (SSSR count). The van der Waals surface area contributed by atoms with E-state index in [0.29, 0.717) is 25.5 Å². The van der Waals surface area contributed by atoms with Crippen molar-refractivity contribution in [1.82, 2.24) is 9.29 Å². The molecule has 2 aromatic rings. The summed E-state index contributed by atoms with van der Waals surface area (Å²) in [6.07, 6.45) is 5.08. The van der Waals surface area contributed by atoms with E-state index in [9.17, 15) is 12.8 Å². The Bertz CT molecular complexity index is 889. The largest absolute Gasteiger partial charge is 0.369 e. The first-order chi connectivity index (χ1) is 12.5. The van der Waals surface area contributed by atoms with Crippen molar-refractivity contribution in [2.75, 3.05) is 25.0 Å². The second-order valence-corrected chi connectivity index (χ2v) is 9.04. The molecular formula is C19H22FN3O2S. The van der Waals surface area contributed by atoms with Gasteiger partial charge in [-0.1, -0.05) is 18.2 Å². The molecule has 1 aromatic carbocycles. The molecule has 5 nitrogen and oxygen atoms in total. The summed E-state index contributed by atoms with van der Waals surface area (Å²) >= 11 is 0. The van der Waals surface area contributed by atoms with E-state index in [2.05, 4.69) is 10.3 Å². The first-order valence-corrected chi connectivity index (χ1v) is 10.4. The Labute approximate surface area is 153 Å². The maximum atomic E-state index is 14.1. The molecule has 0 bridgehead atoms. The summed E-state index contributed by atoms with van der Waals surface area (Å²) in [7, 11) is -3.44. The first-order valence-electron chi connectivity index (χ1n) is 8.96. The van der Waals surface area contributed by atoms with E-state index in [-0.39, 0.29) is 16.1 Å². The van der Waals surface area contributed by atoms with E-state index in [4.69, 9.17) is 0 Å². The monoisotopic (exact) mass is 375 g/mol. The third-order valence-corrected chi connectivity index (χ3v) is 7.23. The average Bonchev–Trinajstić information content (AvgIpc) is 3.21. The number of hydrogen-bond donors (Lipinski definition) is 1. The van der Waals surface area contributed by atoms with Gasteiger partial charge in [0.25, 0.3) is 0 Å². The molecule has 2 aliphatic rings. The van der Waals surface area contributed by atoms with Gasteiger partial charge in [-0.15, -0.1) is 0 Å². The fourth-order valence-electron chi connectivity index (χ4n) is 3.56. The SMILES string of the molecule is O=S(=O)(c1ccc(NCC2(c3ccccc3F)CC2)nc1)N1CCCC1. The second-order valence-electron chi connectivity index (χ2n) is 7.10. The molecule has 0 atom stereocenters. The van der Waals surface area contributed by atoms with Crippen LogP contribution in [0.4, 0.5) is 10.2 Å². The Morgan fingerprint density at radius 3 is 2.46 bits per heavy atom. The normalized spacial score (nSPS) is 19.4. The minimum absolute atomic E-state index is 0.174. The fourth-order valence-corrected chi connectivity index (χ4v) is 5.02. The van der Waals surface area contributed by atoms with Crippen LogP contribution in [0.25, 0.3) is 0 Å². The summed E-state index contributed by atoms with van der Waals surface area (Å²) in [5, 5.41) is 3.24. The number of nitrogens with zero attached hydrogens (tertiary/aromatic N) is 2. The molecule has 1 aliphatic heterocycles. The third-order valence-electron chi connectivity index (χ3n) is 5.35. The van der Waals surface area contributed by atoms with Crippen LogP contribution in [0, 0.1) is 5.82 Å². The Morgan fingerprint density at radius 2 is 1.85 bits per heavy atom. The lowest BCUT2D eigenvalue weighted by atomic mass is 9.95. The van der Waals surface area contributed by atoms with Crippen molar-refractivity contribution >= 4 is 15.8 Å². The molecule has 0 radical (unpaired) electrons. The lowest BCUT2D eigenvalue weighted by molar-refractivity contribution is 0.477. The van der Waals surface area contributed by atoms with Crippen molar-refractivity contribution in [2.45, 2.75) is 36.0 Å². The van der Waals surface area contributed by atoms with Crippen LogP contribution in [0.5, 0.6) is 0 Å². The van der Waals surface area contributed by atoms with Crippen LogP contribution in [0.1, 0.15) is 31.2 Å². The van der Waals surface area contributed by atoms with Crippen LogP contribution in [-0.2, 0) is 15.4 Å². The highest BCUT2D eigenvalue weighted by Gasteiger charge is 2.45. The van der Waals surface area contributed by atoms with Crippen molar-refractivity contribution in [2.24, 2.45) is 0 Å². The molecule has 1 aromatic heterocycles. The smallest absolute Gasteiger partial charge is 0.244 e. The molecule has 0 amide bonds. The number of aromatic nitrogens is 1. The second kappa shape index (κ2) is 6.63. The number of rotatable bonds is 6. The molecule has 138 valence electrons. The summed E-state index contributed by atoms with van der Waals surface area (Å²) in [6.45, 7) is 1.74. The Balaban J connectivity index is 1.45. The van der Waals surface area contributed by atoms with Crippen LogP contribution in [-0.4, -0.2) is 37.3 Å².